The van der Waals surface area contributed by atoms with Crippen LogP contribution in [-0.4, -0.2) is 9.55 Å². The second-order valence-electron chi connectivity index (χ2n) is 5.89. The van der Waals surface area contributed by atoms with Crippen molar-refractivity contribution in [2.45, 2.75) is 77.7 Å². The van der Waals surface area contributed by atoms with Gasteiger partial charge in [0.05, 0.1) is 0 Å². The van der Waals surface area contributed by atoms with Gasteiger partial charge in [0.2, 0.25) is 0 Å². The van der Waals surface area contributed by atoms with Crippen molar-refractivity contribution in [3.8, 4) is 0 Å². The minimum atomic E-state index is -0.609. The highest BCUT2D eigenvalue weighted by Crippen LogP contribution is 2.12. The van der Waals surface area contributed by atoms with Crippen LogP contribution in [0.5, 0.6) is 0 Å². The molecule has 0 aromatic carbocycles. The molecule has 1 rings (SSSR count). The van der Waals surface area contributed by atoms with Crippen molar-refractivity contribution >= 4 is 11.5 Å². The minimum Gasteiger partial charge on any atom is -0.391 e. The van der Waals surface area contributed by atoms with E-state index < -0.39 is 11.2 Å². The fourth-order valence-corrected chi connectivity index (χ4v) is 2.58. The van der Waals surface area contributed by atoms with Crippen molar-refractivity contribution in [1.82, 2.24) is 9.55 Å². The summed E-state index contributed by atoms with van der Waals surface area (Å²) in [6.45, 7) is 2.73. The summed E-state index contributed by atoms with van der Waals surface area (Å²) in [5.74, 6) is 0.0738. The molecule has 0 amide bonds. The van der Waals surface area contributed by atoms with E-state index in [9.17, 15) is 9.59 Å². The van der Waals surface area contributed by atoms with E-state index in [1.807, 2.05) is 0 Å². The lowest BCUT2D eigenvalue weighted by molar-refractivity contribution is 0.529. The van der Waals surface area contributed by atoms with Crippen LogP contribution in [0.15, 0.2) is 9.59 Å². The summed E-state index contributed by atoms with van der Waals surface area (Å²) in [5.41, 5.74) is 10.1. The van der Waals surface area contributed by atoms with E-state index >= 15 is 0 Å². The van der Waals surface area contributed by atoms with Gasteiger partial charge in [0.15, 0.2) is 0 Å². The summed E-state index contributed by atoms with van der Waals surface area (Å²) < 4.78 is 1.35. The van der Waals surface area contributed by atoms with Gasteiger partial charge in [0.25, 0.3) is 5.56 Å². The van der Waals surface area contributed by atoms with E-state index in [0.29, 0.717) is 6.54 Å². The molecule has 5 N–H and O–H groups in total. The first-order valence-electron chi connectivity index (χ1n) is 8.46. The van der Waals surface area contributed by atoms with Gasteiger partial charge in [-0.2, -0.15) is 0 Å². The van der Waals surface area contributed by atoms with Gasteiger partial charge in [0, 0.05) is 6.54 Å². The Labute approximate surface area is 131 Å². The Morgan fingerprint density at radius 3 is 1.91 bits per heavy atom. The van der Waals surface area contributed by atoms with Crippen LogP contribution < -0.4 is 22.7 Å². The number of aromatic amines is 1. The van der Waals surface area contributed by atoms with Crippen LogP contribution in [0.4, 0.5) is 11.5 Å². The molecule has 1 aromatic rings. The first-order chi connectivity index (χ1) is 10.6. The number of nitrogens with one attached hydrogen (secondary N) is 1. The lowest BCUT2D eigenvalue weighted by Crippen LogP contribution is -2.33. The summed E-state index contributed by atoms with van der Waals surface area (Å²) >= 11 is 0. The fraction of sp³-hybridized carbons (Fsp3) is 0.750. The predicted octanol–water partition coefficient (Wildman–Crippen LogP) is 2.62. The highest BCUT2D eigenvalue weighted by Gasteiger charge is 2.08. The minimum absolute atomic E-state index is 0.0738. The molecule has 0 aliphatic rings. The van der Waals surface area contributed by atoms with Gasteiger partial charge in [-0.3, -0.25) is 14.3 Å². The summed E-state index contributed by atoms with van der Waals surface area (Å²) in [7, 11) is 0. The number of hydrogen-bond donors (Lipinski definition) is 3. The quantitative estimate of drug-likeness (QED) is 0.546. The largest absolute Gasteiger partial charge is 0.391 e. The molecule has 0 fully saturated rings. The molecule has 0 bridgehead atoms. The monoisotopic (exact) mass is 310 g/mol. The third-order valence-electron chi connectivity index (χ3n) is 4.01. The molecular weight excluding hydrogens is 280 g/mol. The molecule has 6 nitrogen and oxygen atoms in total. The molecule has 0 atom stereocenters. The topological polar surface area (TPSA) is 107 Å². The Morgan fingerprint density at radius 1 is 0.864 bits per heavy atom. The second kappa shape index (κ2) is 10.1. The van der Waals surface area contributed by atoms with Crippen LogP contribution in [0.3, 0.4) is 0 Å². The average Bonchev–Trinajstić information content (AvgIpc) is 2.50. The number of rotatable bonds is 11. The summed E-state index contributed by atoms with van der Waals surface area (Å²) in [5, 5.41) is 0. The fourth-order valence-electron chi connectivity index (χ4n) is 2.58. The molecule has 126 valence electrons. The van der Waals surface area contributed by atoms with Gasteiger partial charge < -0.3 is 11.5 Å². The predicted molar refractivity (Wildman–Crippen MR) is 92.0 cm³/mol. The standard InChI is InChI=1S/C16H30N4O2/c1-2-3-4-5-6-7-8-9-10-11-12-20-14(18)13(17)15(21)19-16(20)22/h2-12,17-18H2,1H3,(H,19,21,22). The Hall–Kier alpha value is -1.72. The zero-order valence-electron chi connectivity index (χ0n) is 13.7. The molecule has 0 aliphatic heterocycles. The number of anilines is 2. The molecule has 0 saturated heterocycles. The van der Waals surface area contributed by atoms with Crippen LogP contribution in [0.1, 0.15) is 71.1 Å². The van der Waals surface area contributed by atoms with Crippen LogP contribution in [0.25, 0.3) is 0 Å². The smallest absolute Gasteiger partial charge is 0.330 e. The zero-order chi connectivity index (χ0) is 16.4. The summed E-state index contributed by atoms with van der Waals surface area (Å²) in [6, 6.07) is 0. The van der Waals surface area contributed by atoms with Crippen LogP contribution in [0.2, 0.25) is 0 Å². The van der Waals surface area contributed by atoms with Gasteiger partial charge >= 0.3 is 5.69 Å². The lowest BCUT2D eigenvalue weighted by atomic mass is 10.1. The van der Waals surface area contributed by atoms with Crippen molar-refractivity contribution < 1.29 is 0 Å². The molecule has 0 spiro atoms. The number of hydrogen-bond acceptors (Lipinski definition) is 4. The lowest BCUT2D eigenvalue weighted by Gasteiger charge is -2.10. The highest BCUT2D eigenvalue weighted by atomic mass is 16.2. The Kier molecular flexibility index (Phi) is 8.40. The third-order valence-corrected chi connectivity index (χ3v) is 4.01. The van der Waals surface area contributed by atoms with Gasteiger partial charge in [-0.25, -0.2) is 4.79 Å². The van der Waals surface area contributed by atoms with Crippen molar-refractivity contribution in [1.29, 1.82) is 0 Å². The summed E-state index contributed by atoms with van der Waals surface area (Å²) in [6.07, 6.45) is 12.3. The van der Waals surface area contributed by atoms with E-state index in [4.69, 9.17) is 11.5 Å². The van der Waals surface area contributed by atoms with E-state index in [1.165, 1.54) is 55.9 Å². The summed E-state index contributed by atoms with van der Waals surface area (Å²) in [4.78, 5) is 25.1. The highest BCUT2D eigenvalue weighted by molar-refractivity contribution is 5.56. The first kappa shape index (κ1) is 18.3. The Bertz CT molecular complexity index is 548. The molecule has 22 heavy (non-hydrogen) atoms. The molecule has 6 heteroatoms. The van der Waals surface area contributed by atoms with Crippen LogP contribution >= 0.6 is 0 Å². The maximum atomic E-state index is 11.7. The number of nitrogens with two attached hydrogens (primary N) is 2. The van der Waals surface area contributed by atoms with E-state index in [1.54, 1.807) is 0 Å². The van der Waals surface area contributed by atoms with E-state index in [-0.39, 0.29) is 11.5 Å². The Morgan fingerprint density at radius 2 is 1.36 bits per heavy atom. The number of aromatic nitrogens is 2. The molecule has 0 saturated carbocycles. The molecule has 1 aromatic heterocycles. The SMILES string of the molecule is CCCCCCCCCCCCn1c(N)c(N)c(=O)[nH]c1=O. The maximum absolute atomic E-state index is 11.7. The number of nitrogens with zero attached hydrogens (tertiary/aromatic N) is 1. The van der Waals surface area contributed by atoms with Crippen molar-refractivity contribution in [3.63, 3.8) is 0 Å². The number of H-pyrrole nitrogens is 1. The average molecular weight is 310 g/mol. The molecule has 1 heterocycles. The first-order valence-corrected chi connectivity index (χ1v) is 8.46. The molecule has 0 unspecified atom stereocenters. The Balaban J connectivity index is 2.19. The number of nitrogen functional groups attached to an aromatic ring is 2. The second-order valence-corrected chi connectivity index (χ2v) is 5.89. The maximum Gasteiger partial charge on any atom is 0.330 e. The van der Waals surface area contributed by atoms with Crippen molar-refractivity contribution in [2.24, 2.45) is 0 Å². The molecular formula is C16H30N4O2. The normalized spacial score (nSPS) is 11.0. The zero-order valence-corrected chi connectivity index (χ0v) is 13.7. The van der Waals surface area contributed by atoms with E-state index in [2.05, 4.69) is 11.9 Å². The third kappa shape index (κ3) is 5.95. The van der Waals surface area contributed by atoms with E-state index in [0.717, 1.165) is 12.8 Å². The van der Waals surface area contributed by atoms with Crippen LogP contribution in [0, 0.1) is 0 Å². The van der Waals surface area contributed by atoms with Gasteiger partial charge in [-0.15, -0.1) is 0 Å². The van der Waals surface area contributed by atoms with Crippen molar-refractivity contribution in [2.75, 3.05) is 11.5 Å². The molecule has 0 radical (unpaired) electrons. The van der Waals surface area contributed by atoms with Gasteiger partial charge in [-0.1, -0.05) is 64.7 Å². The van der Waals surface area contributed by atoms with Crippen molar-refractivity contribution in [3.05, 3.63) is 20.8 Å². The molecule has 0 aliphatic carbocycles. The number of unbranched alkanes of at least 4 members (excludes halogenated alkanes) is 9. The van der Waals surface area contributed by atoms with Gasteiger partial charge in [-0.05, 0) is 6.42 Å². The van der Waals surface area contributed by atoms with Crippen LogP contribution in [-0.2, 0) is 6.54 Å². The van der Waals surface area contributed by atoms with Gasteiger partial charge in [0.1, 0.15) is 11.5 Å².